The van der Waals surface area contributed by atoms with Gasteiger partial charge in [-0.05, 0) is 63.5 Å². The summed E-state index contributed by atoms with van der Waals surface area (Å²) in [5, 5.41) is 0.521. The summed E-state index contributed by atoms with van der Waals surface area (Å²) in [6.45, 7) is -0.400. The number of benzene rings is 2. The molecule has 0 radical (unpaired) electrons. The number of methoxy groups -OCH3 is 1. The molecule has 0 spiro atoms. The van der Waals surface area contributed by atoms with E-state index in [1.807, 2.05) is 0 Å². The van der Waals surface area contributed by atoms with E-state index in [0.717, 1.165) is 18.5 Å². The van der Waals surface area contributed by atoms with Gasteiger partial charge >= 0.3 is 0 Å². The first kappa shape index (κ1) is 14.7. The Morgan fingerprint density at radius 2 is 2.00 bits per heavy atom. The number of nitrogens with zero attached hydrogens (tertiary/aromatic N) is 3. The number of hydrogen-bond donors (Lipinski definition) is 1. The lowest BCUT2D eigenvalue weighted by molar-refractivity contribution is 0.254. The summed E-state index contributed by atoms with van der Waals surface area (Å²) in [4.78, 5) is 12.7. The van der Waals surface area contributed by atoms with Crippen molar-refractivity contribution >= 4 is 21.8 Å². The molecular weight excluding hydrogens is 423 g/mol. The molecule has 8 heteroatoms. The van der Waals surface area contributed by atoms with E-state index < -0.39 is 32.3 Å². The molecule has 33 heavy (non-hydrogen) atoms. The Balaban J connectivity index is 1.49. The van der Waals surface area contributed by atoms with Crippen molar-refractivity contribution in [3.63, 3.8) is 0 Å². The predicted molar refractivity (Wildman–Crippen MR) is 125 cm³/mol. The SMILES string of the molecule is [2H]C([2H])([2H])Oc1cc2c(Oc3ccc4[nH]c(C)cc4c3F)ncnc2cc1OCC([2H])([2H])C([2H])([2H])N1CCCC1. The summed E-state index contributed by atoms with van der Waals surface area (Å²) in [6.07, 6.45) is 0.263. The summed E-state index contributed by atoms with van der Waals surface area (Å²) in [7, 11) is -2.89. The lowest BCUT2D eigenvalue weighted by Crippen LogP contribution is -2.21. The van der Waals surface area contributed by atoms with E-state index in [9.17, 15) is 0 Å². The van der Waals surface area contributed by atoms with Gasteiger partial charge < -0.3 is 24.1 Å². The maximum atomic E-state index is 15.2. The van der Waals surface area contributed by atoms with Crippen LogP contribution in [0.25, 0.3) is 21.8 Å². The largest absolute Gasteiger partial charge is 0.493 e. The lowest BCUT2D eigenvalue weighted by Gasteiger charge is -2.16. The van der Waals surface area contributed by atoms with Crippen molar-refractivity contribution in [2.24, 2.45) is 0 Å². The van der Waals surface area contributed by atoms with Gasteiger partial charge in [-0.2, -0.15) is 0 Å². The monoisotopic (exact) mass is 457 g/mol. The summed E-state index contributed by atoms with van der Waals surface area (Å²) in [5.74, 6) is -1.24. The Labute approximate surface area is 201 Å². The summed E-state index contributed by atoms with van der Waals surface area (Å²) in [5.41, 5.74) is 1.59. The third kappa shape index (κ3) is 4.43. The van der Waals surface area contributed by atoms with E-state index >= 15 is 4.39 Å². The molecule has 0 amide bonds. The normalized spacial score (nSPS) is 18.7. The molecule has 2 aromatic heterocycles. The Bertz CT molecular complexity index is 1560. The molecular formula is C25H27FN4O3. The van der Waals surface area contributed by atoms with Crippen molar-refractivity contribution in [1.29, 1.82) is 0 Å². The number of likely N-dealkylation sites (tertiary alicyclic amines) is 1. The van der Waals surface area contributed by atoms with Crippen LogP contribution in [0.1, 0.15) is 34.5 Å². The fourth-order valence-corrected chi connectivity index (χ4v) is 3.87. The first-order chi connectivity index (χ1) is 18.7. The van der Waals surface area contributed by atoms with E-state index in [-0.39, 0.29) is 34.0 Å². The number of aryl methyl sites for hydroxylation is 1. The van der Waals surface area contributed by atoms with Gasteiger partial charge in [-0.1, -0.05) is 0 Å². The number of fused-ring (bicyclic) bond motifs is 2. The van der Waals surface area contributed by atoms with E-state index in [0.29, 0.717) is 24.0 Å². The van der Waals surface area contributed by atoms with E-state index in [2.05, 4.69) is 15.0 Å². The summed E-state index contributed by atoms with van der Waals surface area (Å²) >= 11 is 0. The number of aromatic amines is 1. The maximum absolute atomic E-state index is 15.2. The number of ether oxygens (including phenoxy) is 3. The molecule has 0 saturated carbocycles. The third-order valence-corrected chi connectivity index (χ3v) is 5.46. The first-order valence-corrected chi connectivity index (χ1v) is 10.6. The fourth-order valence-electron chi connectivity index (χ4n) is 3.87. The number of aromatic nitrogens is 3. The van der Waals surface area contributed by atoms with Crippen LogP contribution in [0.4, 0.5) is 4.39 Å². The topological polar surface area (TPSA) is 72.5 Å². The Morgan fingerprint density at radius 3 is 2.85 bits per heavy atom. The fraction of sp³-hybridized carbons (Fsp3) is 0.360. The van der Waals surface area contributed by atoms with Gasteiger partial charge in [0, 0.05) is 34.6 Å². The van der Waals surface area contributed by atoms with Gasteiger partial charge in [-0.3, -0.25) is 0 Å². The van der Waals surface area contributed by atoms with Crippen molar-refractivity contribution in [1.82, 2.24) is 19.9 Å². The van der Waals surface area contributed by atoms with Crippen molar-refractivity contribution in [2.75, 3.05) is 33.2 Å². The van der Waals surface area contributed by atoms with Gasteiger partial charge in [0.15, 0.2) is 23.1 Å². The highest BCUT2D eigenvalue weighted by molar-refractivity contribution is 5.87. The van der Waals surface area contributed by atoms with E-state index in [1.165, 1.54) is 29.4 Å². The highest BCUT2D eigenvalue weighted by atomic mass is 19.1. The average molecular weight is 458 g/mol. The van der Waals surface area contributed by atoms with Gasteiger partial charge in [0.1, 0.15) is 6.33 Å². The molecule has 0 atom stereocenters. The number of hydrogen-bond acceptors (Lipinski definition) is 6. The van der Waals surface area contributed by atoms with Crippen LogP contribution in [0.5, 0.6) is 23.1 Å². The van der Waals surface area contributed by atoms with Crippen molar-refractivity contribution in [2.45, 2.75) is 26.1 Å². The molecule has 0 bridgehead atoms. The van der Waals surface area contributed by atoms with Gasteiger partial charge in [0.05, 0.1) is 28.7 Å². The van der Waals surface area contributed by atoms with Crippen molar-refractivity contribution < 1.29 is 28.2 Å². The second-order valence-electron chi connectivity index (χ2n) is 7.76. The summed E-state index contributed by atoms with van der Waals surface area (Å²) in [6, 6.07) is 7.32. The molecule has 3 heterocycles. The molecule has 0 unspecified atom stereocenters. The average Bonchev–Trinajstić information content (AvgIpc) is 3.54. The van der Waals surface area contributed by atoms with Crippen LogP contribution >= 0.6 is 0 Å². The second-order valence-corrected chi connectivity index (χ2v) is 7.76. The zero-order chi connectivity index (χ0) is 28.9. The second kappa shape index (κ2) is 9.23. The van der Waals surface area contributed by atoms with Crippen molar-refractivity contribution in [3.8, 4) is 23.1 Å². The van der Waals surface area contributed by atoms with Gasteiger partial charge in [0.25, 0.3) is 0 Å². The Kier molecular flexibility index (Phi) is 4.11. The van der Waals surface area contributed by atoms with Gasteiger partial charge in [-0.15, -0.1) is 0 Å². The standard InChI is InChI=1S/C25H27FN4O3/c1-16-12-17-19(29-16)6-7-21(24(17)26)33-25-18-13-22(31-2)23(14-20(18)27-15-28-25)32-11-5-10-30-8-3-4-9-30/h6-7,12-15,29H,3-5,8-11H2,1-2H3/i2D3,5D2,10D2. The maximum Gasteiger partial charge on any atom is 0.230 e. The molecule has 7 nitrogen and oxygen atoms in total. The van der Waals surface area contributed by atoms with E-state index in [4.69, 9.17) is 23.8 Å². The number of halogens is 1. The van der Waals surface area contributed by atoms with Crippen LogP contribution in [0.2, 0.25) is 0 Å². The zero-order valence-electron chi connectivity index (χ0n) is 24.9. The summed E-state index contributed by atoms with van der Waals surface area (Å²) < 4.78 is 88.0. The van der Waals surface area contributed by atoms with Crippen LogP contribution in [-0.2, 0) is 0 Å². The third-order valence-electron chi connectivity index (χ3n) is 5.46. The molecule has 1 saturated heterocycles. The first-order valence-electron chi connectivity index (χ1n) is 14.1. The van der Waals surface area contributed by atoms with Crippen LogP contribution in [0.15, 0.2) is 36.7 Å². The van der Waals surface area contributed by atoms with Crippen LogP contribution < -0.4 is 14.2 Å². The van der Waals surface area contributed by atoms with Crippen LogP contribution in [-0.4, -0.2) is 53.1 Å². The Morgan fingerprint density at radius 1 is 1.12 bits per heavy atom. The quantitative estimate of drug-likeness (QED) is 0.391. The molecule has 172 valence electrons. The molecule has 1 fully saturated rings. The van der Waals surface area contributed by atoms with Gasteiger partial charge in [0.2, 0.25) is 5.88 Å². The number of rotatable bonds is 8. The molecule has 1 aliphatic heterocycles. The molecule has 4 aromatic rings. The highest BCUT2D eigenvalue weighted by Crippen LogP contribution is 2.37. The van der Waals surface area contributed by atoms with E-state index in [1.54, 1.807) is 19.1 Å². The minimum Gasteiger partial charge on any atom is -0.493 e. The lowest BCUT2D eigenvalue weighted by atomic mass is 10.2. The minimum absolute atomic E-state index is 0.0712. The number of nitrogens with one attached hydrogen (secondary N) is 1. The molecule has 5 rings (SSSR count). The smallest absolute Gasteiger partial charge is 0.230 e. The highest BCUT2D eigenvalue weighted by Gasteiger charge is 2.17. The van der Waals surface area contributed by atoms with Crippen molar-refractivity contribution in [3.05, 3.63) is 48.2 Å². The molecule has 2 aromatic carbocycles. The van der Waals surface area contributed by atoms with Crippen LogP contribution in [0.3, 0.4) is 0 Å². The zero-order valence-corrected chi connectivity index (χ0v) is 17.9. The number of H-pyrrole nitrogens is 1. The molecule has 1 aliphatic rings. The Hall–Kier alpha value is -3.39. The van der Waals surface area contributed by atoms with Gasteiger partial charge in [-0.25, -0.2) is 14.4 Å². The molecule has 1 N–H and O–H groups in total. The predicted octanol–water partition coefficient (Wildman–Crippen LogP) is 5.22. The minimum atomic E-state index is -2.89. The molecule has 0 aliphatic carbocycles. The van der Waals surface area contributed by atoms with Crippen LogP contribution in [0, 0.1) is 12.7 Å².